The van der Waals surface area contributed by atoms with Crippen LogP contribution in [0.25, 0.3) is 10.8 Å². The zero-order valence-corrected chi connectivity index (χ0v) is 32.3. The van der Waals surface area contributed by atoms with E-state index in [1.165, 1.54) is 53.9 Å². The number of nitrogens with zero attached hydrogens (tertiary/aromatic N) is 1. The third-order valence-electron chi connectivity index (χ3n) is 7.07. The van der Waals surface area contributed by atoms with Gasteiger partial charge in [-0.05, 0) is 55.0 Å². The first-order valence-electron chi connectivity index (χ1n) is 15.0. The number of rotatable bonds is 18. The predicted octanol–water partition coefficient (Wildman–Crippen LogP) is 2.62. The highest BCUT2D eigenvalue weighted by molar-refractivity contribution is 8.00. The average molecular weight is 858 g/mol. The second kappa shape index (κ2) is 17.4. The lowest BCUT2D eigenvalue weighted by atomic mass is 10.1. The first-order valence-corrected chi connectivity index (χ1v) is 23.2. The maximum atomic E-state index is 12.5. The molecule has 53 heavy (non-hydrogen) atoms. The van der Waals surface area contributed by atoms with E-state index in [2.05, 4.69) is 31.8 Å². The Hall–Kier alpha value is -3.44. The summed E-state index contributed by atoms with van der Waals surface area (Å²) >= 11 is 2.51. The lowest BCUT2D eigenvalue weighted by Crippen LogP contribution is -2.53. The number of nitrogens with one attached hydrogen (secondary N) is 6. The van der Waals surface area contributed by atoms with E-state index in [4.69, 9.17) is 19.3 Å². The Bertz CT molecular complexity index is 2330. The van der Waals surface area contributed by atoms with Crippen molar-refractivity contribution in [2.24, 2.45) is 4.99 Å². The number of hydrogen-bond acceptors (Lipinski definition) is 18. The van der Waals surface area contributed by atoms with Gasteiger partial charge >= 0.3 is 0 Å². The number of hydrogen-bond donors (Lipinski definition) is 10. The molecule has 0 aliphatic carbocycles. The van der Waals surface area contributed by atoms with Gasteiger partial charge in [0, 0.05) is 16.8 Å². The fourth-order valence-electron chi connectivity index (χ4n) is 4.86. The number of benzene rings is 3. The minimum Gasteiger partial charge on any atom is -0.444 e. The number of anilines is 3. The van der Waals surface area contributed by atoms with E-state index >= 15 is 0 Å². The Kier molecular flexibility index (Phi) is 13.9. The van der Waals surface area contributed by atoms with Crippen molar-refractivity contribution in [1.29, 1.82) is 5.41 Å². The van der Waals surface area contributed by atoms with Crippen LogP contribution in [0, 0.1) is 12.3 Å². The Morgan fingerprint density at radius 1 is 0.830 bits per heavy atom. The van der Waals surface area contributed by atoms with Gasteiger partial charge in [-0.3, -0.25) is 34.4 Å². The SMILES string of the molecule is Cc1cc(NC2=NC(SCCCS(=O)(=O)O)NC(SCCCS(=O)(=O)O)N2)c(OC=N)cc1NNc1ccc2c(S(=O)(=O)O)cccc2c1S(=O)(=O)O. The number of ether oxygens (including phenoxy) is 1. The van der Waals surface area contributed by atoms with E-state index in [9.17, 15) is 42.8 Å². The molecule has 3 aromatic rings. The van der Waals surface area contributed by atoms with Crippen LogP contribution in [0.3, 0.4) is 0 Å². The molecule has 20 nitrogen and oxygen atoms in total. The van der Waals surface area contributed by atoms with Crippen LogP contribution in [0.1, 0.15) is 18.4 Å². The monoisotopic (exact) mass is 857 g/mol. The molecule has 1 aliphatic rings. The van der Waals surface area contributed by atoms with Gasteiger partial charge in [-0.25, -0.2) is 4.99 Å². The normalized spacial score (nSPS) is 16.7. The molecule has 26 heteroatoms. The van der Waals surface area contributed by atoms with Crippen molar-refractivity contribution in [2.45, 2.75) is 40.6 Å². The van der Waals surface area contributed by atoms with E-state index in [0.717, 1.165) is 6.07 Å². The van der Waals surface area contributed by atoms with Crippen molar-refractivity contribution in [3.05, 3.63) is 48.0 Å². The summed E-state index contributed by atoms with van der Waals surface area (Å²) in [6.45, 7) is 1.67. The fraction of sp³-hybridized carbons (Fsp3) is 0.333. The summed E-state index contributed by atoms with van der Waals surface area (Å²) in [6.07, 6.45) is 0.930. The highest BCUT2D eigenvalue weighted by Gasteiger charge is 2.26. The molecule has 0 saturated carbocycles. The maximum absolute atomic E-state index is 12.5. The topological polar surface area (TPSA) is 323 Å². The highest BCUT2D eigenvalue weighted by atomic mass is 32.2. The molecule has 2 unspecified atom stereocenters. The number of thioether (sulfide) groups is 2. The number of guanidine groups is 1. The van der Waals surface area contributed by atoms with Crippen molar-refractivity contribution in [3.8, 4) is 5.75 Å². The molecule has 4 rings (SSSR count). The lowest BCUT2D eigenvalue weighted by molar-refractivity contribution is 0.480. The average Bonchev–Trinajstić information content (AvgIpc) is 3.03. The van der Waals surface area contributed by atoms with Gasteiger partial charge in [0.1, 0.15) is 15.3 Å². The van der Waals surface area contributed by atoms with Crippen molar-refractivity contribution < 1.29 is 56.6 Å². The lowest BCUT2D eigenvalue weighted by Gasteiger charge is -2.31. The van der Waals surface area contributed by atoms with E-state index in [0.29, 0.717) is 34.8 Å². The molecule has 0 spiro atoms. The number of fused-ring (bicyclic) bond motifs is 1. The van der Waals surface area contributed by atoms with Crippen LogP contribution >= 0.6 is 23.5 Å². The molecule has 0 bridgehead atoms. The summed E-state index contributed by atoms with van der Waals surface area (Å²) in [5.74, 6) is 0.00482. The summed E-state index contributed by atoms with van der Waals surface area (Å²) in [6, 6.07) is 9.00. The van der Waals surface area contributed by atoms with Gasteiger partial charge in [-0.15, -0.1) is 23.5 Å². The van der Waals surface area contributed by atoms with E-state index < -0.39 is 72.8 Å². The molecule has 0 saturated heterocycles. The smallest absolute Gasteiger partial charge is 0.297 e. The molecule has 3 aromatic carbocycles. The van der Waals surface area contributed by atoms with Crippen molar-refractivity contribution >= 4 is 104 Å². The van der Waals surface area contributed by atoms with Gasteiger partial charge in [0.25, 0.3) is 40.5 Å². The van der Waals surface area contributed by atoms with E-state index in [1.54, 1.807) is 13.0 Å². The Morgan fingerprint density at radius 3 is 2.08 bits per heavy atom. The molecule has 292 valence electrons. The van der Waals surface area contributed by atoms with Crippen LogP contribution in [0.2, 0.25) is 0 Å². The Morgan fingerprint density at radius 2 is 1.47 bits per heavy atom. The molecule has 2 atom stereocenters. The van der Waals surface area contributed by atoms with Crippen molar-refractivity contribution in [1.82, 2.24) is 10.6 Å². The number of hydrazine groups is 1. The predicted molar refractivity (Wildman–Crippen MR) is 203 cm³/mol. The molecule has 1 aliphatic heterocycles. The highest BCUT2D eigenvalue weighted by Crippen LogP contribution is 2.36. The molecular formula is C27H35N7O13S6. The standard InChI is InChI=1S/C27H35N7O13S6/c1-16-13-21(29-25-30-26(48-9-3-11-50(35,36)37)32-27(31-25)49-10-4-12-51(38,39)40)22(47-15-28)14-20(16)34-33-19-8-7-17-18(24(19)53(44,45)46)5-2-6-23(17)52(41,42)43/h2,5-8,13-15,26-28,32-34H,3-4,9-12H2,1H3,(H2,29,30,31)(H,35,36,37)(H,38,39,40)(H,41,42,43)(H,44,45,46). The van der Waals surface area contributed by atoms with Gasteiger partial charge in [0.05, 0.1) is 28.6 Å². The molecule has 0 aromatic heterocycles. The zero-order chi connectivity index (χ0) is 39.2. The fourth-order valence-corrected chi connectivity index (χ4v) is 9.80. The summed E-state index contributed by atoms with van der Waals surface area (Å²) in [4.78, 5) is 3.31. The van der Waals surface area contributed by atoms with Crippen LogP contribution in [0.15, 0.2) is 57.2 Å². The van der Waals surface area contributed by atoms with Crippen LogP contribution in [0.5, 0.6) is 5.75 Å². The summed E-state index contributed by atoms with van der Waals surface area (Å²) in [7, 11) is -18.0. The molecule has 0 radical (unpaired) electrons. The van der Waals surface area contributed by atoms with Crippen LogP contribution < -0.4 is 31.5 Å². The molecule has 1 heterocycles. The molecule has 0 fully saturated rings. The second-order valence-corrected chi connectivity index (χ2v) is 19.4. The van der Waals surface area contributed by atoms with E-state index in [1.807, 2.05) is 0 Å². The van der Waals surface area contributed by atoms with Gasteiger partial charge in [0.2, 0.25) is 0 Å². The minimum atomic E-state index is -4.96. The first kappa shape index (κ1) is 42.3. The summed E-state index contributed by atoms with van der Waals surface area (Å²) in [5, 5.41) is 16.5. The number of aryl methyl sites for hydroxylation is 1. The summed E-state index contributed by atoms with van der Waals surface area (Å²) < 4.78 is 136. The number of aliphatic imine (C=N–C) groups is 1. The summed E-state index contributed by atoms with van der Waals surface area (Å²) in [5.41, 5.74) is 5.28. The van der Waals surface area contributed by atoms with Crippen LogP contribution in [-0.4, -0.2) is 98.2 Å². The molecular weight excluding hydrogens is 823 g/mol. The van der Waals surface area contributed by atoms with Gasteiger partial charge < -0.3 is 20.8 Å². The quantitative estimate of drug-likeness (QED) is 0.0289. The first-order chi connectivity index (χ1) is 24.6. The largest absolute Gasteiger partial charge is 0.444 e. The molecule has 10 N–H and O–H groups in total. The Balaban J connectivity index is 1.59. The zero-order valence-electron chi connectivity index (χ0n) is 27.4. The van der Waals surface area contributed by atoms with Gasteiger partial charge in [-0.1, -0.05) is 18.2 Å². The van der Waals surface area contributed by atoms with Crippen molar-refractivity contribution in [2.75, 3.05) is 39.2 Å². The maximum Gasteiger partial charge on any atom is 0.297 e. The third kappa shape index (κ3) is 12.6. The van der Waals surface area contributed by atoms with Gasteiger partial charge in [0.15, 0.2) is 23.6 Å². The third-order valence-corrected chi connectivity index (χ3v) is 12.7. The second-order valence-electron chi connectivity index (χ2n) is 11.1. The van der Waals surface area contributed by atoms with Crippen molar-refractivity contribution in [3.63, 3.8) is 0 Å². The minimum absolute atomic E-state index is 0.0824. The van der Waals surface area contributed by atoms with Crippen LogP contribution in [0.4, 0.5) is 17.1 Å². The van der Waals surface area contributed by atoms with Gasteiger partial charge in [-0.2, -0.15) is 33.7 Å². The van der Waals surface area contributed by atoms with Crippen LogP contribution in [-0.2, 0) is 40.5 Å². The van der Waals surface area contributed by atoms with E-state index in [-0.39, 0.29) is 41.0 Å². The Labute approximate surface area is 313 Å². The molecule has 0 amide bonds.